The van der Waals surface area contributed by atoms with Crippen LogP contribution in [0.2, 0.25) is 0 Å². The fourth-order valence-electron chi connectivity index (χ4n) is 2.25. The van der Waals surface area contributed by atoms with Crippen LogP contribution in [0.3, 0.4) is 0 Å². The van der Waals surface area contributed by atoms with Crippen molar-refractivity contribution in [1.82, 2.24) is 9.62 Å². The molecule has 21 heavy (non-hydrogen) atoms. The van der Waals surface area contributed by atoms with Crippen LogP contribution in [0.15, 0.2) is 17.0 Å². The number of aryl methyl sites for hydroxylation is 2. The Balaban J connectivity index is 2.48. The van der Waals surface area contributed by atoms with Gasteiger partial charge in [-0.2, -0.15) is 4.31 Å². The molecule has 0 saturated carbocycles. The van der Waals surface area contributed by atoms with Crippen molar-refractivity contribution in [3.8, 4) is 5.75 Å². The maximum atomic E-state index is 12.8. The summed E-state index contributed by atoms with van der Waals surface area (Å²) in [6.45, 7) is 4.40. The standard InChI is InChI=1S/C14H20N2O4S/c1-10-7-12(20-3)13(8-11(10)2)21(18,19)16-6-4-5-15-14(17)9-16/h7-8H,4-6,9H2,1-3H3,(H,15,17). The largest absolute Gasteiger partial charge is 0.495 e. The number of nitrogens with zero attached hydrogens (tertiary/aromatic N) is 1. The lowest BCUT2D eigenvalue weighted by atomic mass is 10.1. The Morgan fingerprint density at radius 3 is 2.57 bits per heavy atom. The van der Waals surface area contributed by atoms with Crippen LogP contribution < -0.4 is 10.1 Å². The van der Waals surface area contributed by atoms with E-state index in [1.165, 1.54) is 11.4 Å². The first-order chi connectivity index (χ1) is 9.86. The molecule has 0 atom stereocenters. The molecule has 1 fully saturated rings. The molecule has 0 aromatic heterocycles. The van der Waals surface area contributed by atoms with Gasteiger partial charge in [-0.15, -0.1) is 0 Å². The average Bonchev–Trinajstić information content (AvgIpc) is 2.66. The summed E-state index contributed by atoms with van der Waals surface area (Å²) in [4.78, 5) is 11.7. The third kappa shape index (κ3) is 3.19. The Hall–Kier alpha value is -1.60. The lowest BCUT2D eigenvalue weighted by molar-refractivity contribution is -0.120. The molecule has 0 unspecified atom stereocenters. The summed E-state index contributed by atoms with van der Waals surface area (Å²) in [7, 11) is -2.31. The van der Waals surface area contributed by atoms with Crippen LogP contribution in [0.4, 0.5) is 0 Å². The van der Waals surface area contributed by atoms with Gasteiger partial charge in [-0.25, -0.2) is 8.42 Å². The number of carbonyl (C=O) groups excluding carboxylic acids is 1. The topological polar surface area (TPSA) is 75.7 Å². The molecule has 1 aromatic rings. The lowest BCUT2D eigenvalue weighted by Gasteiger charge is -2.21. The first-order valence-electron chi connectivity index (χ1n) is 6.78. The van der Waals surface area contributed by atoms with Crippen molar-refractivity contribution in [3.05, 3.63) is 23.3 Å². The number of carbonyl (C=O) groups is 1. The monoisotopic (exact) mass is 312 g/mol. The quantitative estimate of drug-likeness (QED) is 0.897. The molecule has 116 valence electrons. The van der Waals surface area contributed by atoms with E-state index >= 15 is 0 Å². The second-order valence-corrected chi connectivity index (χ2v) is 7.04. The van der Waals surface area contributed by atoms with Gasteiger partial charge in [0.1, 0.15) is 10.6 Å². The molecular weight excluding hydrogens is 292 g/mol. The molecule has 0 aliphatic carbocycles. The molecule has 1 aromatic carbocycles. The average molecular weight is 312 g/mol. The van der Waals surface area contributed by atoms with Crippen LogP contribution in [-0.4, -0.2) is 45.4 Å². The smallest absolute Gasteiger partial charge is 0.247 e. The SMILES string of the molecule is COc1cc(C)c(C)cc1S(=O)(=O)N1CCCNC(=O)C1. The van der Waals surface area contributed by atoms with Gasteiger partial charge in [0.25, 0.3) is 0 Å². The fraction of sp³-hybridized carbons (Fsp3) is 0.500. The van der Waals surface area contributed by atoms with Crippen molar-refractivity contribution < 1.29 is 17.9 Å². The molecule has 1 saturated heterocycles. The molecule has 1 aliphatic heterocycles. The molecule has 1 amide bonds. The Morgan fingerprint density at radius 1 is 1.24 bits per heavy atom. The van der Waals surface area contributed by atoms with E-state index in [0.29, 0.717) is 25.3 Å². The van der Waals surface area contributed by atoms with Crippen molar-refractivity contribution >= 4 is 15.9 Å². The highest BCUT2D eigenvalue weighted by Crippen LogP contribution is 2.30. The molecule has 0 spiro atoms. The summed E-state index contributed by atoms with van der Waals surface area (Å²) >= 11 is 0. The summed E-state index contributed by atoms with van der Waals surface area (Å²) in [6.07, 6.45) is 0.595. The van der Waals surface area contributed by atoms with Gasteiger partial charge in [-0.3, -0.25) is 4.79 Å². The van der Waals surface area contributed by atoms with Crippen LogP contribution in [0.5, 0.6) is 5.75 Å². The van der Waals surface area contributed by atoms with Gasteiger partial charge < -0.3 is 10.1 Å². The van der Waals surface area contributed by atoms with Gasteiger partial charge in [0.15, 0.2) is 0 Å². The summed E-state index contributed by atoms with van der Waals surface area (Å²) in [5.74, 6) is 0.0293. The fourth-order valence-corrected chi connectivity index (χ4v) is 3.90. The molecule has 1 aliphatic rings. The Kier molecular flexibility index (Phi) is 4.53. The van der Waals surface area contributed by atoms with E-state index in [0.717, 1.165) is 11.1 Å². The minimum Gasteiger partial charge on any atom is -0.495 e. The van der Waals surface area contributed by atoms with Gasteiger partial charge in [0.2, 0.25) is 15.9 Å². The van der Waals surface area contributed by atoms with Gasteiger partial charge in [0, 0.05) is 13.1 Å². The zero-order chi connectivity index (χ0) is 15.6. The molecule has 2 rings (SSSR count). The molecule has 0 bridgehead atoms. The van der Waals surface area contributed by atoms with E-state index in [4.69, 9.17) is 4.74 Å². The van der Waals surface area contributed by atoms with Crippen LogP contribution in [0.1, 0.15) is 17.5 Å². The van der Waals surface area contributed by atoms with Gasteiger partial charge in [-0.05, 0) is 43.5 Å². The molecule has 6 nitrogen and oxygen atoms in total. The van der Waals surface area contributed by atoms with Crippen molar-refractivity contribution in [2.75, 3.05) is 26.7 Å². The second kappa shape index (κ2) is 6.03. The molecule has 1 heterocycles. The summed E-state index contributed by atoms with van der Waals surface area (Å²) in [5.41, 5.74) is 1.83. The minimum absolute atomic E-state index is 0.114. The van der Waals surface area contributed by atoms with Crippen LogP contribution in [0.25, 0.3) is 0 Å². The number of benzene rings is 1. The zero-order valence-electron chi connectivity index (χ0n) is 12.5. The summed E-state index contributed by atoms with van der Waals surface area (Å²) in [6, 6.07) is 3.31. The maximum absolute atomic E-state index is 12.8. The van der Waals surface area contributed by atoms with E-state index in [-0.39, 0.29) is 17.3 Å². The Labute approximate surface area is 125 Å². The number of hydrogen-bond acceptors (Lipinski definition) is 4. The highest BCUT2D eigenvalue weighted by atomic mass is 32.2. The molecular formula is C14H20N2O4S. The van der Waals surface area contributed by atoms with Gasteiger partial charge >= 0.3 is 0 Å². The van der Waals surface area contributed by atoms with Crippen molar-refractivity contribution in [3.63, 3.8) is 0 Å². The first kappa shape index (κ1) is 15.8. The highest BCUT2D eigenvalue weighted by Gasteiger charge is 2.30. The van der Waals surface area contributed by atoms with Gasteiger partial charge in [-0.1, -0.05) is 0 Å². The van der Waals surface area contributed by atoms with E-state index in [9.17, 15) is 13.2 Å². The van der Waals surface area contributed by atoms with Crippen LogP contribution >= 0.6 is 0 Å². The van der Waals surface area contributed by atoms with Crippen LogP contribution in [0, 0.1) is 13.8 Å². The minimum atomic E-state index is -3.75. The third-order valence-corrected chi connectivity index (χ3v) is 5.49. The first-order valence-corrected chi connectivity index (χ1v) is 8.22. The number of methoxy groups -OCH3 is 1. The second-order valence-electron chi connectivity index (χ2n) is 5.13. The predicted octanol–water partition coefficient (Wildman–Crippen LogP) is 0.823. The van der Waals surface area contributed by atoms with Crippen molar-refractivity contribution in [1.29, 1.82) is 0 Å². The van der Waals surface area contributed by atoms with Crippen molar-refractivity contribution in [2.45, 2.75) is 25.2 Å². The number of amides is 1. The Morgan fingerprint density at radius 2 is 1.90 bits per heavy atom. The number of ether oxygens (including phenoxy) is 1. The number of sulfonamides is 1. The summed E-state index contributed by atoms with van der Waals surface area (Å²) in [5, 5.41) is 2.67. The lowest BCUT2D eigenvalue weighted by Crippen LogP contribution is -2.37. The highest BCUT2D eigenvalue weighted by molar-refractivity contribution is 7.89. The predicted molar refractivity (Wildman–Crippen MR) is 78.9 cm³/mol. The van der Waals surface area contributed by atoms with Crippen molar-refractivity contribution in [2.24, 2.45) is 0 Å². The van der Waals surface area contributed by atoms with E-state index in [1.54, 1.807) is 12.1 Å². The van der Waals surface area contributed by atoms with Crippen LogP contribution in [-0.2, 0) is 14.8 Å². The molecule has 0 radical (unpaired) electrons. The zero-order valence-corrected chi connectivity index (χ0v) is 13.3. The summed E-state index contributed by atoms with van der Waals surface area (Å²) < 4.78 is 32.0. The van der Waals surface area contributed by atoms with E-state index in [2.05, 4.69) is 5.32 Å². The van der Waals surface area contributed by atoms with E-state index < -0.39 is 10.0 Å². The van der Waals surface area contributed by atoms with E-state index in [1.807, 2.05) is 13.8 Å². The normalized spacial score (nSPS) is 17.2. The molecule has 1 N–H and O–H groups in total. The maximum Gasteiger partial charge on any atom is 0.247 e. The Bertz CT molecular complexity index is 655. The number of nitrogens with one attached hydrogen (secondary N) is 1. The third-order valence-electron chi connectivity index (χ3n) is 3.62. The number of hydrogen-bond donors (Lipinski definition) is 1. The number of rotatable bonds is 3. The van der Waals surface area contributed by atoms with Gasteiger partial charge in [0.05, 0.1) is 13.7 Å². The molecule has 7 heteroatoms.